The number of nitrogens with one attached hydrogen (secondary N) is 1. The van der Waals surface area contributed by atoms with Crippen LogP contribution in [0.4, 0.5) is 4.39 Å². The molecule has 2 rings (SSSR count). The zero-order valence-electron chi connectivity index (χ0n) is 9.29. The van der Waals surface area contributed by atoms with E-state index in [0.29, 0.717) is 0 Å². The van der Waals surface area contributed by atoms with Gasteiger partial charge in [0.25, 0.3) is 0 Å². The van der Waals surface area contributed by atoms with Gasteiger partial charge in [-0.3, -0.25) is 0 Å². The number of benzene rings is 2. The Labute approximate surface area is 105 Å². The third kappa shape index (κ3) is 3.84. The standard InChI is InChI=1S/C14H13ClFN/c15-13-5-1-11(2-6-13)9-17-10-12-3-7-14(16)8-4-12/h1-8,17H,9-10H2. The molecule has 2 aromatic carbocycles. The van der Waals surface area contributed by atoms with Crippen LogP contribution in [0.15, 0.2) is 48.5 Å². The molecule has 3 heteroatoms. The fraction of sp³-hybridized carbons (Fsp3) is 0.143. The van der Waals surface area contributed by atoms with Crippen LogP contribution >= 0.6 is 11.6 Å². The maximum atomic E-state index is 12.7. The van der Waals surface area contributed by atoms with Crippen molar-refractivity contribution in [2.75, 3.05) is 0 Å². The second-order valence-electron chi connectivity index (χ2n) is 3.86. The Morgan fingerprint density at radius 2 is 1.29 bits per heavy atom. The van der Waals surface area contributed by atoms with Crippen LogP contribution in [0.2, 0.25) is 5.02 Å². The second kappa shape index (κ2) is 5.80. The fourth-order valence-corrected chi connectivity index (χ4v) is 1.68. The van der Waals surface area contributed by atoms with Gasteiger partial charge in [0.05, 0.1) is 0 Å². The highest BCUT2D eigenvalue weighted by molar-refractivity contribution is 6.30. The molecule has 1 N–H and O–H groups in total. The lowest BCUT2D eigenvalue weighted by Gasteiger charge is -2.05. The smallest absolute Gasteiger partial charge is 0.123 e. The van der Waals surface area contributed by atoms with Crippen LogP contribution in [0.5, 0.6) is 0 Å². The molecule has 0 aromatic heterocycles. The molecule has 0 aliphatic carbocycles. The molecular weight excluding hydrogens is 237 g/mol. The molecule has 0 bridgehead atoms. The third-order valence-electron chi connectivity index (χ3n) is 2.48. The molecule has 0 unspecified atom stereocenters. The minimum Gasteiger partial charge on any atom is -0.309 e. The summed E-state index contributed by atoms with van der Waals surface area (Å²) in [5.41, 5.74) is 2.25. The topological polar surface area (TPSA) is 12.0 Å². The van der Waals surface area contributed by atoms with Crippen molar-refractivity contribution in [3.05, 3.63) is 70.5 Å². The first-order valence-corrected chi connectivity index (χ1v) is 5.81. The van der Waals surface area contributed by atoms with E-state index in [1.54, 1.807) is 12.1 Å². The Morgan fingerprint density at radius 1 is 0.824 bits per heavy atom. The van der Waals surface area contributed by atoms with Crippen LogP contribution in [0.3, 0.4) is 0 Å². The second-order valence-corrected chi connectivity index (χ2v) is 4.29. The summed E-state index contributed by atoms with van der Waals surface area (Å²) < 4.78 is 12.7. The number of rotatable bonds is 4. The zero-order chi connectivity index (χ0) is 12.1. The van der Waals surface area contributed by atoms with Crippen molar-refractivity contribution in [1.82, 2.24) is 5.32 Å². The summed E-state index contributed by atoms with van der Waals surface area (Å²) in [6.45, 7) is 1.50. The van der Waals surface area contributed by atoms with Crippen LogP contribution in [0, 0.1) is 5.82 Å². The lowest BCUT2D eigenvalue weighted by molar-refractivity contribution is 0.625. The van der Waals surface area contributed by atoms with E-state index in [0.717, 1.165) is 23.7 Å². The lowest BCUT2D eigenvalue weighted by Crippen LogP contribution is -2.12. The van der Waals surface area contributed by atoms with Crippen LogP contribution in [0.25, 0.3) is 0 Å². The molecule has 0 saturated carbocycles. The van der Waals surface area contributed by atoms with E-state index in [4.69, 9.17) is 11.6 Å². The average Bonchev–Trinajstić information content (AvgIpc) is 2.34. The predicted molar refractivity (Wildman–Crippen MR) is 68.4 cm³/mol. The highest BCUT2D eigenvalue weighted by Crippen LogP contribution is 2.09. The van der Waals surface area contributed by atoms with Gasteiger partial charge in [0.15, 0.2) is 0 Å². The van der Waals surface area contributed by atoms with Crippen molar-refractivity contribution in [1.29, 1.82) is 0 Å². The molecule has 88 valence electrons. The highest BCUT2D eigenvalue weighted by atomic mass is 35.5. The predicted octanol–water partition coefficient (Wildman–Crippen LogP) is 3.77. The molecule has 0 heterocycles. The molecule has 2 aromatic rings. The van der Waals surface area contributed by atoms with E-state index < -0.39 is 0 Å². The summed E-state index contributed by atoms with van der Waals surface area (Å²) in [6, 6.07) is 14.2. The molecular formula is C14H13ClFN. The van der Waals surface area contributed by atoms with E-state index in [-0.39, 0.29) is 5.82 Å². The average molecular weight is 250 g/mol. The van der Waals surface area contributed by atoms with Gasteiger partial charge in [-0.2, -0.15) is 0 Å². The van der Waals surface area contributed by atoms with Crippen LogP contribution in [0.1, 0.15) is 11.1 Å². The monoisotopic (exact) mass is 249 g/mol. The van der Waals surface area contributed by atoms with E-state index in [1.807, 2.05) is 24.3 Å². The fourth-order valence-electron chi connectivity index (χ4n) is 1.56. The van der Waals surface area contributed by atoms with E-state index in [2.05, 4.69) is 5.32 Å². The largest absolute Gasteiger partial charge is 0.309 e. The van der Waals surface area contributed by atoms with Gasteiger partial charge < -0.3 is 5.32 Å². The third-order valence-corrected chi connectivity index (χ3v) is 2.74. The van der Waals surface area contributed by atoms with E-state index in [9.17, 15) is 4.39 Å². The van der Waals surface area contributed by atoms with Gasteiger partial charge >= 0.3 is 0 Å². The molecule has 0 radical (unpaired) electrons. The van der Waals surface area contributed by atoms with Crippen molar-refractivity contribution in [3.63, 3.8) is 0 Å². The van der Waals surface area contributed by atoms with Crippen LogP contribution < -0.4 is 5.32 Å². The van der Waals surface area contributed by atoms with E-state index >= 15 is 0 Å². The molecule has 0 spiro atoms. The summed E-state index contributed by atoms with van der Waals surface area (Å²) >= 11 is 5.80. The van der Waals surface area contributed by atoms with Gasteiger partial charge in [0.1, 0.15) is 5.82 Å². The molecule has 0 fully saturated rings. The molecule has 0 amide bonds. The molecule has 0 aliphatic rings. The van der Waals surface area contributed by atoms with Crippen molar-refractivity contribution in [3.8, 4) is 0 Å². The molecule has 17 heavy (non-hydrogen) atoms. The van der Waals surface area contributed by atoms with Crippen LogP contribution in [-0.2, 0) is 13.1 Å². The van der Waals surface area contributed by atoms with Crippen molar-refractivity contribution in [2.45, 2.75) is 13.1 Å². The van der Waals surface area contributed by atoms with Gasteiger partial charge in [-0.05, 0) is 35.4 Å². The molecule has 0 atom stereocenters. The maximum Gasteiger partial charge on any atom is 0.123 e. The van der Waals surface area contributed by atoms with Crippen LogP contribution in [-0.4, -0.2) is 0 Å². The first kappa shape index (κ1) is 12.1. The minimum absolute atomic E-state index is 0.202. The Hall–Kier alpha value is -1.38. The van der Waals surface area contributed by atoms with Gasteiger partial charge in [-0.25, -0.2) is 4.39 Å². The Bertz CT molecular complexity index is 419. The number of hydrogen-bond acceptors (Lipinski definition) is 1. The van der Waals surface area contributed by atoms with Gasteiger partial charge in [-0.15, -0.1) is 0 Å². The summed E-state index contributed by atoms with van der Waals surface area (Å²) in [7, 11) is 0. The summed E-state index contributed by atoms with van der Waals surface area (Å²) in [5, 5.41) is 4.03. The van der Waals surface area contributed by atoms with Crippen molar-refractivity contribution < 1.29 is 4.39 Å². The molecule has 0 saturated heterocycles. The molecule has 0 aliphatic heterocycles. The maximum absolute atomic E-state index is 12.7. The summed E-state index contributed by atoms with van der Waals surface area (Å²) in [5.74, 6) is -0.202. The van der Waals surface area contributed by atoms with Crippen molar-refractivity contribution >= 4 is 11.6 Å². The minimum atomic E-state index is -0.202. The first-order chi connectivity index (χ1) is 8.24. The summed E-state index contributed by atoms with van der Waals surface area (Å²) in [4.78, 5) is 0. The van der Waals surface area contributed by atoms with E-state index in [1.165, 1.54) is 17.7 Å². The van der Waals surface area contributed by atoms with Gasteiger partial charge in [0, 0.05) is 18.1 Å². The Kier molecular flexibility index (Phi) is 4.13. The zero-order valence-corrected chi connectivity index (χ0v) is 10.0. The quantitative estimate of drug-likeness (QED) is 0.870. The normalized spacial score (nSPS) is 10.5. The van der Waals surface area contributed by atoms with Crippen molar-refractivity contribution in [2.24, 2.45) is 0 Å². The Morgan fingerprint density at radius 3 is 1.82 bits per heavy atom. The first-order valence-electron chi connectivity index (χ1n) is 5.43. The summed E-state index contributed by atoms with van der Waals surface area (Å²) in [6.07, 6.45) is 0. The molecule has 1 nitrogen and oxygen atoms in total. The number of hydrogen-bond donors (Lipinski definition) is 1. The SMILES string of the molecule is Fc1ccc(CNCc2ccc(Cl)cc2)cc1. The number of halogens is 2. The lowest BCUT2D eigenvalue weighted by atomic mass is 10.2. The Balaban J connectivity index is 1.83. The van der Waals surface area contributed by atoms with Gasteiger partial charge in [0.2, 0.25) is 0 Å². The highest BCUT2D eigenvalue weighted by Gasteiger charge is 1.95. The van der Waals surface area contributed by atoms with Gasteiger partial charge in [-0.1, -0.05) is 35.9 Å².